The minimum atomic E-state index is -3.22. The monoisotopic (exact) mass is 512 g/mol. The van der Waals surface area contributed by atoms with E-state index in [2.05, 4.69) is 20.8 Å². The summed E-state index contributed by atoms with van der Waals surface area (Å²) in [6.45, 7) is 8.45. The van der Waals surface area contributed by atoms with Crippen LogP contribution in [0, 0.1) is 0 Å². The first kappa shape index (κ1) is 34.4. The molecule has 0 amide bonds. The number of unbranched alkanes of at least 4 members (excludes halogenated alkanes) is 18. The van der Waals surface area contributed by atoms with Crippen LogP contribution in [-0.4, -0.2) is 23.2 Å². The van der Waals surface area contributed by atoms with Crippen molar-refractivity contribution in [2.24, 2.45) is 0 Å². The van der Waals surface area contributed by atoms with E-state index in [4.69, 9.17) is 0 Å². The fourth-order valence-electron chi connectivity index (χ4n) is 4.94. The zero-order chi connectivity index (χ0) is 26.2. The maximum atomic E-state index is 13.3. The molecule has 0 aliphatic carbocycles. The van der Waals surface area contributed by atoms with E-state index < -0.39 is 7.26 Å². The van der Waals surface area contributed by atoms with Gasteiger partial charge in [-0.05, 0) is 0 Å². The Morgan fingerprint density at radius 2 is 0.571 bits per heavy atom. The van der Waals surface area contributed by atoms with Crippen LogP contribution in [0.2, 0.25) is 0 Å². The van der Waals surface area contributed by atoms with Crippen LogP contribution in [0.25, 0.3) is 0 Å². The fraction of sp³-hybridized carbons (Fsp3) is 0.903. The van der Waals surface area contributed by atoms with E-state index in [0.29, 0.717) is 19.3 Å². The molecule has 0 spiro atoms. The molecule has 0 aliphatic rings. The third kappa shape index (κ3) is 16.7. The van der Waals surface area contributed by atoms with E-state index in [1.54, 1.807) is 6.66 Å². The molecule has 0 aromatic heterocycles. The number of carbonyl (C=O) groups is 3. The first-order chi connectivity index (χ1) is 16.9. The van der Waals surface area contributed by atoms with E-state index in [1.165, 1.54) is 77.0 Å². The van der Waals surface area contributed by atoms with Crippen LogP contribution in [0.15, 0.2) is 0 Å². The summed E-state index contributed by atoms with van der Waals surface area (Å²) >= 11 is 0. The maximum absolute atomic E-state index is 13.3. The molecule has 0 rings (SSSR count). The quantitative estimate of drug-likeness (QED) is 0.0812. The summed E-state index contributed by atoms with van der Waals surface area (Å²) < 4.78 is 0. The van der Waals surface area contributed by atoms with E-state index >= 15 is 0 Å². The van der Waals surface area contributed by atoms with Crippen LogP contribution in [0.5, 0.6) is 0 Å². The van der Waals surface area contributed by atoms with Gasteiger partial charge >= 0.3 is 220 Å². The molecule has 4 heteroatoms. The third-order valence-electron chi connectivity index (χ3n) is 7.70. The fourth-order valence-corrected chi connectivity index (χ4v) is 7.91. The van der Waals surface area contributed by atoms with Crippen molar-refractivity contribution in [3.05, 3.63) is 0 Å². The summed E-state index contributed by atoms with van der Waals surface area (Å²) in [5.74, 6) is 0. The van der Waals surface area contributed by atoms with Crippen molar-refractivity contribution in [1.29, 1.82) is 0 Å². The molecule has 0 heterocycles. The van der Waals surface area contributed by atoms with Gasteiger partial charge in [-0.1, -0.05) is 0 Å². The van der Waals surface area contributed by atoms with Gasteiger partial charge in [-0.2, -0.15) is 0 Å². The summed E-state index contributed by atoms with van der Waals surface area (Å²) in [6, 6.07) is 0. The molecule has 0 radical (unpaired) electrons. The Kier molecular flexibility index (Phi) is 23.4. The molecule has 35 heavy (non-hydrogen) atoms. The molecular weight excluding hydrogens is 451 g/mol. The Morgan fingerprint density at radius 3 is 0.800 bits per heavy atom. The van der Waals surface area contributed by atoms with Crippen LogP contribution in [-0.2, 0) is 14.4 Å². The molecule has 0 aliphatic heterocycles. The summed E-state index contributed by atoms with van der Waals surface area (Å²) in [7, 11) is -3.22. The third-order valence-corrected chi connectivity index (χ3v) is 11.8. The van der Waals surface area contributed by atoms with Gasteiger partial charge in [-0.3, -0.25) is 0 Å². The van der Waals surface area contributed by atoms with Crippen molar-refractivity contribution in [2.45, 2.75) is 175 Å². The minimum absolute atomic E-state index is 0.0203. The summed E-state index contributed by atoms with van der Waals surface area (Å²) in [6.07, 6.45) is 25.4. The molecule has 0 saturated heterocycles. The van der Waals surface area contributed by atoms with Crippen LogP contribution in [0.1, 0.15) is 175 Å². The van der Waals surface area contributed by atoms with Crippen LogP contribution < -0.4 is 0 Å². The Labute approximate surface area is 219 Å². The Bertz CT molecular complexity index is 469. The summed E-state index contributed by atoms with van der Waals surface area (Å²) in [5, 5.41) is 0. The zero-order valence-corrected chi connectivity index (χ0v) is 25.2. The molecule has 0 bridgehead atoms. The number of carbonyl (C=O) groups excluding carboxylic acids is 3. The molecule has 208 valence electrons. The van der Waals surface area contributed by atoms with Gasteiger partial charge in [-0.25, -0.2) is 0 Å². The Hall–Kier alpha value is -0.560. The molecule has 0 saturated carbocycles. The molecule has 0 fully saturated rings. The molecule has 0 atom stereocenters. The predicted molar refractivity (Wildman–Crippen MR) is 157 cm³/mol. The van der Waals surface area contributed by atoms with Crippen molar-refractivity contribution < 1.29 is 14.4 Å². The van der Waals surface area contributed by atoms with Crippen molar-refractivity contribution in [3.63, 3.8) is 0 Å². The van der Waals surface area contributed by atoms with Crippen LogP contribution >= 0.6 is 7.26 Å². The number of hydrogen-bond acceptors (Lipinski definition) is 3. The molecule has 0 aromatic carbocycles. The standard InChI is InChI=1S/C31H61O3P/c1-5-8-11-14-17-20-23-26-29(32)35(4,30(33)27-24-21-18-15-12-9-6-2)31(34)28-25-22-19-16-13-10-7-3/h35H,5-28H2,1-4H3. The second kappa shape index (κ2) is 23.8. The zero-order valence-electron chi connectivity index (χ0n) is 24.2. The molecule has 0 aromatic rings. The van der Waals surface area contributed by atoms with Crippen molar-refractivity contribution in [3.8, 4) is 0 Å². The molecular formula is C31H61O3P. The van der Waals surface area contributed by atoms with Gasteiger partial charge < -0.3 is 0 Å². The van der Waals surface area contributed by atoms with Crippen LogP contribution in [0.3, 0.4) is 0 Å². The second-order valence-corrected chi connectivity index (χ2v) is 14.9. The SMILES string of the molecule is CCCCCCCCCC(=O)[PH](C)(C(=O)CCCCCCCCC)C(=O)CCCCCCCCC. The predicted octanol–water partition coefficient (Wildman–Crippen LogP) is 10.4. The van der Waals surface area contributed by atoms with Gasteiger partial charge in [-0.15, -0.1) is 0 Å². The van der Waals surface area contributed by atoms with Gasteiger partial charge in [0.05, 0.1) is 0 Å². The second-order valence-electron chi connectivity index (χ2n) is 11.0. The molecule has 3 nitrogen and oxygen atoms in total. The number of hydrogen-bond donors (Lipinski definition) is 0. The average molecular weight is 513 g/mol. The Balaban J connectivity index is 4.72. The van der Waals surface area contributed by atoms with Gasteiger partial charge in [0, 0.05) is 0 Å². The van der Waals surface area contributed by atoms with Gasteiger partial charge in [0.25, 0.3) is 0 Å². The van der Waals surface area contributed by atoms with Crippen molar-refractivity contribution in [1.82, 2.24) is 0 Å². The van der Waals surface area contributed by atoms with E-state index in [1.807, 2.05) is 0 Å². The summed E-state index contributed by atoms with van der Waals surface area (Å²) in [5.41, 5.74) is 0.0610. The van der Waals surface area contributed by atoms with Crippen molar-refractivity contribution >= 4 is 23.8 Å². The first-order valence-electron chi connectivity index (χ1n) is 15.5. The topological polar surface area (TPSA) is 51.2 Å². The van der Waals surface area contributed by atoms with E-state index in [0.717, 1.165) is 57.8 Å². The molecule has 0 unspecified atom stereocenters. The normalized spacial score (nSPS) is 12.1. The number of rotatable bonds is 27. The van der Waals surface area contributed by atoms with Gasteiger partial charge in [0.1, 0.15) is 0 Å². The van der Waals surface area contributed by atoms with Gasteiger partial charge in [0.2, 0.25) is 0 Å². The van der Waals surface area contributed by atoms with Crippen molar-refractivity contribution in [2.75, 3.05) is 6.66 Å². The Morgan fingerprint density at radius 1 is 0.371 bits per heavy atom. The average Bonchev–Trinajstić information content (AvgIpc) is 2.86. The molecule has 0 N–H and O–H groups in total. The van der Waals surface area contributed by atoms with E-state index in [-0.39, 0.29) is 16.6 Å². The first-order valence-corrected chi connectivity index (χ1v) is 18.0. The van der Waals surface area contributed by atoms with Gasteiger partial charge in [0.15, 0.2) is 0 Å². The van der Waals surface area contributed by atoms with Crippen LogP contribution in [0.4, 0.5) is 0 Å². The summed E-state index contributed by atoms with van der Waals surface area (Å²) in [4.78, 5) is 40.0. The van der Waals surface area contributed by atoms with E-state index in [9.17, 15) is 14.4 Å².